The van der Waals surface area contributed by atoms with Crippen molar-refractivity contribution in [1.82, 2.24) is 19.7 Å². The molecule has 7 rings (SSSR count). The number of benzene rings is 1. The van der Waals surface area contributed by atoms with Crippen LogP contribution >= 0.6 is 0 Å². The lowest BCUT2D eigenvalue weighted by molar-refractivity contribution is 0.136. The number of aromatic nitrogens is 4. The van der Waals surface area contributed by atoms with E-state index >= 15 is 0 Å². The molecule has 1 aromatic carbocycles. The van der Waals surface area contributed by atoms with Crippen molar-refractivity contribution in [2.24, 2.45) is 10.8 Å². The minimum absolute atomic E-state index is 0.108. The molecule has 0 unspecified atom stereocenters. The summed E-state index contributed by atoms with van der Waals surface area (Å²) in [6.07, 6.45) is 9.60. The summed E-state index contributed by atoms with van der Waals surface area (Å²) in [4.78, 5) is 11.2. The molecule has 1 N–H and O–H groups in total. The number of nitrogens with zero attached hydrogens (tertiary/aromatic N) is 5. The molecular formula is C23H25N5O. The van der Waals surface area contributed by atoms with Gasteiger partial charge in [-0.05, 0) is 54.6 Å². The van der Waals surface area contributed by atoms with Gasteiger partial charge in [-0.25, -0.2) is 14.6 Å². The normalized spacial score (nSPS) is 30.4. The summed E-state index contributed by atoms with van der Waals surface area (Å²) in [6, 6.07) is 8.81. The molecule has 29 heavy (non-hydrogen) atoms. The fourth-order valence-electron chi connectivity index (χ4n) is 5.87. The van der Waals surface area contributed by atoms with Crippen LogP contribution in [0.4, 0.5) is 5.82 Å². The van der Waals surface area contributed by atoms with E-state index in [4.69, 9.17) is 0 Å². The van der Waals surface area contributed by atoms with Crippen molar-refractivity contribution in [2.45, 2.75) is 50.5 Å². The molecule has 1 saturated heterocycles. The van der Waals surface area contributed by atoms with Gasteiger partial charge in [0.15, 0.2) is 5.82 Å². The number of rotatable bonds is 3. The molecule has 0 bridgehead atoms. The fraction of sp³-hybridized carbons (Fsp3) is 0.522. The highest BCUT2D eigenvalue weighted by atomic mass is 16.3. The van der Waals surface area contributed by atoms with Gasteiger partial charge in [0.05, 0.1) is 17.8 Å². The lowest BCUT2D eigenvalue weighted by Gasteiger charge is -2.17. The van der Waals surface area contributed by atoms with E-state index in [0.717, 1.165) is 41.9 Å². The first-order valence-corrected chi connectivity index (χ1v) is 10.8. The smallest absolute Gasteiger partial charge is 0.159 e. The van der Waals surface area contributed by atoms with Gasteiger partial charge in [0.2, 0.25) is 0 Å². The second-order valence-corrected chi connectivity index (χ2v) is 10.1. The zero-order chi connectivity index (χ0) is 19.4. The van der Waals surface area contributed by atoms with E-state index in [1.807, 2.05) is 16.9 Å². The Morgan fingerprint density at radius 2 is 1.90 bits per heavy atom. The SMILES string of the molecule is C[C@@]1(c2ccc3cnn(-c4cc(N5C[C@@H](O)C6(CC6)C5)ncn4)c3c2)CC12CC2. The standard InChI is InChI=1S/C23H25N5O/c1-21(12-23(21)6-7-23)16-3-2-15-10-26-28(17(15)8-16)20-9-19(24-14-25-20)27-11-18(29)22(13-27)4-5-22/h2-3,8-10,14,18,29H,4-7,11-13H2,1H3/t18-,21+/m1/s1. The summed E-state index contributed by atoms with van der Waals surface area (Å²) in [5.74, 6) is 1.67. The van der Waals surface area contributed by atoms with Crippen molar-refractivity contribution >= 4 is 16.7 Å². The number of aliphatic hydroxyl groups excluding tert-OH is 1. The Hall–Kier alpha value is -2.47. The average Bonchev–Trinajstić information content (AvgIpc) is 3.67. The Kier molecular flexibility index (Phi) is 2.81. The Morgan fingerprint density at radius 3 is 2.62 bits per heavy atom. The van der Waals surface area contributed by atoms with Gasteiger partial charge in [0.1, 0.15) is 12.1 Å². The quantitative estimate of drug-likeness (QED) is 0.747. The third-order valence-electron chi connectivity index (χ3n) is 8.48. The largest absolute Gasteiger partial charge is 0.391 e. The van der Waals surface area contributed by atoms with E-state index in [1.54, 1.807) is 6.33 Å². The Bertz CT molecular complexity index is 1160. The predicted octanol–water partition coefficient (Wildman–Crippen LogP) is 3.22. The van der Waals surface area contributed by atoms with Crippen LogP contribution in [0.25, 0.3) is 16.7 Å². The fourth-order valence-corrected chi connectivity index (χ4v) is 5.87. The maximum atomic E-state index is 10.4. The highest BCUT2D eigenvalue weighted by Crippen LogP contribution is 2.78. The van der Waals surface area contributed by atoms with E-state index in [9.17, 15) is 5.11 Å². The van der Waals surface area contributed by atoms with E-state index < -0.39 is 0 Å². The molecule has 3 aliphatic carbocycles. The molecular weight excluding hydrogens is 362 g/mol. The summed E-state index contributed by atoms with van der Waals surface area (Å²) in [6.45, 7) is 3.95. The van der Waals surface area contributed by atoms with Crippen LogP contribution in [0.15, 0.2) is 36.8 Å². The van der Waals surface area contributed by atoms with Crippen LogP contribution in [0.1, 0.15) is 44.6 Å². The van der Waals surface area contributed by atoms with Crippen LogP contribution in [0.2, 0.25) is 0 Å². The molecule has 6 heteroatoms. The second-order valence-electron chi connectivity index (χ2n) is 10.1. The van der Waals surface area contributed by atoms with Crippen LogP contribution in [-0.2, 0) is 5.41 Å². The van der Waals surface area contributed by atoms with Crippen LogP contribution in [0.5, 0.6) is 0 Å². The van der Waals surface area contributed by atoms with Gasteiger partial charge in [0, 0.05) is 30.0 Å². The molecule has 3 heterocycles. The zero-order valence-corrected chi connectivity index (χ0v) is 16.7. The van der Waals surface area contributed by atoms with Crippen molar-refractivity contribution in [3.63, 3.8) is 0 Å². The monoisotopic (exact) mass is 387 g/mol. The molecule has 6 nitrogen and oxygen atoms in total. The molecule has 4 aliphatic rings. The summed E-state index contributed by atoms with van der Waals surface area (Å²) in [7, 11) is 0. The van der Waals surface area contributed by atoms with Crippen molar-refractivity contribution in [2.75, 3.05) is 18.0 Å². The van der Waals surface area contributed by atoms with Crippen LogP contribution in [0.3, 0.4) is 0 Å². The molecule has 2 spiro atoms. The van der Waals surface area contributed by atoms with E-state index in [-0.39, 0.29) is 11.5 Å². The molecule has 0 radical (unpaired) electrons. The molecule has 4 fully saturated rings. The van der Waals surface area contributed by atoms with Crippen molar-refractivity contribution in [1.29, 1.82) is 0 Å². The van der Waals surface area contributed by atoms with Gasteiger partial charge in [-0.2, -0.15) is 5.10 Å². The minimum atomic E-state index is -0.247. The zero-order valence-electron chi connectivity index (χ0n) is 16.7. The van der Waals surface area contributed by atoms with Gasteiger partial charge >= 0.3 is 0 Å². The highest BCUT2D eigenvalue weighted by molar-refractivity contribution is 5.81. The molecule has 0 amide bonds. The molecule has 3 saturated carbocycles. The van der Waals surface area contributed by atoms with Gasteiger partial charge in [-0.1, -0.05) is 19.1 Å². The number of hydrogen-bond acceptors (Lipinski definition) is 5. The summed E-state index contributed by atoms with van der Waals surface area (Å²) < 4.78 is 1.94. The number of anilines is 1. The molecule has 3 aromatic rings. The third kappa shape index (κ3) is 2.13. The lowest BCUT2D eigenvalue weighted by Crippen LogP contribution is -2.22. The number of β-amino-alcohol motifs (C(OH)–C–C–N with tert-alkyl or cyclic N) is 1. The lowest BCUT2D eigenvalue weighted by atomic mass is 9.93. The Balaban J connectivity index is 1.27. The van der Waals surface area contributed by atoms with E-state index in [0.29, 0.717) is 17.4 Å². The van der Waals surface area contributed by atoms with Crippen LogP contribution < -0.4 is 4.90 Å². The third-order valence-corrected chi connectivity index (χ3v) is 8.48. The van der Waals surface area contributed by atoms with Crippen molar-refractivity contribution in [3.05, 3.63) is 42.4 Å². The van der Waals surface area contributed by atoms with Gasteiger partial charge in [-0.3, -0.25) is 0 Å². The first-order chi connectivity index (χ1) is 14.0. The van der Waals surface area contributed by atoms with E-state index in [1.165, 1.54) is 24.8 Å². The van der Waals surface area contributed by atoms with E-state index in [2.05, 4.69) is 45.1 Å². The van der Waals surface area contributed by atoms with Gasteiger partial charge in [-0.15, -0.1) is 0 Å². The number of hydrogen-bond donors (Lipinski definition) is 1. The minimum Gasteiger partial charge on any atom is -0.391 e. The van der Waals surface area contributed by atoms with Crippen LogP contribution in [-0.4, -0.2) is 44.0 Å². The predicted molar refractivity (Wildman–Crippen MR) is 110 cm³/mol. The summed E-state index contributed by atoms with van der Waals surface area (Å²) >= 11 is 0. The second kappa shape index (κ2) is 4.98. The highest BCUT2D eigenvalue weighted by Gasteiger charge is 2.71. The van der Waals surface area contributed by atoms with Gasteiger partial charge < -0.3 is 10.0 Å². The number of aliphatic hydroxyl groups is 1. The topological polar surface area (TPSA) is 67.1 Å². The number of fused-ring (bicyclic) bond motifs is 1. The van der Waals surface area contributed by atoms with Crippen molar-refractivity contribution in [3.8, 4) is 5.82 Å². The average molecular weight is 387 g/mol. The first-order valence-electron chi connectivity index (χ1n) is 10.8. The van der Waals surface area contributed by atoms with Crippen molar-refractivity contribution < 1.29 is 5.11 Å². The maximum absolute atomic E-state index is 10.4. The molecule has 148 valence electrons. The summed E-state index contributed by atoms with van der Waals surface area (Å²) in [5.41, 5.74) is 3.56. The molecule has 2 atom stereocenters. The molecule has 1 aliphatic heterocycles. The Morgan fingerprint density at radius 1 is 1.07 bits per heavy atom. The molecule has 2 aromatic heterocycles. The van der Waals surface area contributed by atoms with Crippen LogP contribution in [0, 0.1) is 10.8 Å². The first kappa shape index (κ1) is 16.3. The maximum Gasteiger partial charge on any atom is 0.159 e. The Labute approximate surface area is 169 Å². The van der Waals surface area contributed by atoms with Gasteiger partial charge in [0.25, 0.3) is 0 Å². The summed E-state index contributed by atoms with van der Waals surface area (Å²) in [5, 5.41) is 16.2.